The zero-order chi connectivity index (χ0) is 23.9. The Hall–Kier alpha value is -3.25. The van der Waals surface area contributed by atoms with Gasteiger partial charge in [0.2, 0.25) is 5.91 Å². The fourth-order valence-corrected chi connectivity index (χ4v) is 5.12. The second-order valence-corrected chi connectivity index (χ2v) is 9.57. The molecule has 4 rings (SSSR count). The number of thiocarbonyl (C=S) groups is 1. The molecule has 2 aromatic rings. The van der Waals surface area contributed by atoms with E-state index in [-0.39, 0.29) is 32.2 Å². The molecule has 0 radical (unpaired) electrons. The van der Waals surface area contributed by atoms with Gasteiger partial charge >= 0.3 is 0 Å². The number of pyridine rings is 1. The highest BCUT2D eigenvalue weighted by molar-refractivity contribution is 8.26. The number of primary amides is 1. The minimum Gasteiger partial charge on any atom is -0.548 e. The summed E-state index contributed by atoms with van der Waals surface area (Å²) in [4.78, 5) is 56.4. The highest BCUT2D eigenvalue weighted by Crippen LogP contribution is 2.34. The first-order valence-corrected chi connectivity index (χ1v) is 11.4. The smallest absolute Gasteiger partial charge is 0.267 e. The van der Waals surface area contributed by atoms with E-state index in [1.165, 1.54) is 10.5 Å². The van der Waals surface area contributed by atoms with Crippen LogP contribution in [0.1, 0.15) is 24.0 Å². The number of aryl methyl sites for hydroxylation is 1. The molecular formula is C21H20N5O5S2-. The van der Waals surface area contributed by atoms with E-state index >= 15 is 0 Å². The summed E-state index contributed by atoms with van der Waals surface area (Å²) in [6.07, 6.45) is 4.12. The van der Waals surface area contributed by atoms with Crippen LogP contribution in [0.5, 0.6) is 0 Å². The zero-order valence-electron chi connectivity index (χ0n) is 17.6. The number of hydrogen-bond acceptors (Lipinski definition) is 9. The number of carboxylic acids is 1. The number of amides is 2. The van der Waals surface area contributed by atoms with Crippen molar-refractivity contribution in [3.05, 3.63) is 44.7 Å². The number of aromatic nitrogens is 2. The normalized spacial score (nSPS) is 18.5. The van der Waals surface area contributed by atoms with Gasteiger partial charge in [0, 0.05) is 25.2 Å². The molecule has 2 aromatic heterocycles. The van der Waals surface area contributed by atoms with Gasteiger partial charge in [0.25, 0.3) is 11.5 Å². The number of anilines is 1. The molecule has 172 valence electrons. The zero-order valence-corrected chi connectivity index (χ0v) is 19.3. The Labute approximate surface area is 198 Å². The predicted molar refractivity (Wildman–Crippen MR) is 125 cm³/mol. The Bertz CT molecular complexity index is 1280. The third-order valence-corrected chi connectivity index (χ3v) is 7.00. The summed E-state index contributed by atoms with van der Waals surface area (Å²) in [6.45, 7) is 2.12. The first-order chi connectivity index (χ1) is 15.7. The van der Waals surface area contributed by atoms with E-state index in [0.717, 1.165) is 22.2 Å². The summed E-state index contributed by atoms with van der Waals surface area (Å²) in [7, 11) is 0. The van der Waals surface area contributed by atoms with Gasteiger partial charge in [-0.3, -0.25) is 23.7 Å². The van der Waals surface area contributed by atoms with Crippen molar-refractivity contribution in [1.29, 1.82) is 0 Å². The first kappa shape index (κ1) is 22.9. The summed E-state index contributed by atoms with van der Waals surface area (Å²) in [6, 6.07) is 3.58. The molecule has 2 aliphatic heterocycles. The largest absolute Gasteiger partial charge is 0.548 e. The summed E-state index contributed by atoms with van der Waals surface area (Å²) in [5.74, 6) is -2.25. The van der Waals surface area contributed by atoms with E-state index in [9.17, 15) is 24.3 Å². The molecule has 2 amide bonds. The molecule has 0 atom stereocenters. The lowest BCUT2D eigenvalue weighted by Crippen LogP contribution is -2.40. The lowest BCUT2D eigenvalue weighted by molar-refractivity contribution is -0.305. The Balaban J connectivity index is 1.81. The van der Waals surface area contributed by atoms with Crippen LogP contribution in [0.3, 0.4) is 0 Å². The third-order valence-electron chi connectivity index (χ3n) is 5.62. The number of nitrogens with zero attached hydrogens (tertiary/aromatic N) is 4. The number of aliphatic carboxylic acids is 1. The van der Waals surface area contributed by atoms with E-state index in [1.807, 2.05) is 17.9 Å². The number of thioether (sulfide) groups is 1. The molecule has 10 nitrogen and oxygen atoms in total. The minimum atomic E-state index is -1.44. The predicted octanol–water partition coefficient (Wildman–Crippen LogP) is -0.344. The number of fused-ring (bicyclic) bond motifs is 1. The van der Waals surface area contributed by atoms with Crippen molar-refractivity contribution in [3.8, 4) is 0 Å². The molecule has 0 bridgehead atoms. The van der Waals surface area contributed by atoms with Crippen molar-refractivity contribution in [2.24, 2.45) is 11.7 Å². The van der Waals surface area contributed by atoms with Crippen LogP contribution in [0.15, 0.2) is 28.0 Å². The quantitative estimate of drug-likeness (QED) is 0.444. The van der Waals surface area contributed by atoms with Gasteiger partial charge in [-0.15, -0.1) is 0 Å². The molecule has 0 aliphatic carbocycles. The van der Waals surface area contributed by atoms with Gasteiger partial charge in [0.15, 0.2) is 0 Å². The second kappa shape index (κ2) is 8.94. The Morgan fingerprint density at radius 1 is 1.30 bits per heavy atom. The summed E-state index contributed by atoms with van der Waals surface area (Å²) >= 11 is 6.05. The van der Waals surface area contributed by atoms with Gasteiger partial charge < -0.3 is 20.5 Å². The molecule has 2 aliphatic rings. The van der Waals surface area contributed by atoms with Crippen LogP contribution < -0.4 is 21.3 Å². The van der Waals surface area contributed by atoms with Crippen molar-refractivity contribution in [3.63, 3.8) is 0 Å². The van der Waals surface area contributed by atoms with Crippen molar-refractivity contribution >= 4 is 63.6 Å². The van der Waals surface area contributed by atoms with Crippen molar-refractivity contribution in [2.45, 2.75) is 19.8 Å². The van der Waals surface area contributed by atoms with E-state index < -0.39 is 18.4 Å². The van der Waals surface area contributed by atoms with E-state index in [1.54, 1.807) is 12.3 Å². The average Bonchev–Trinajstić information content (AvgIpc) is 3.03. The molecule has 4 heterocycles. The molecule has 12 heteroatoms. The van der Waals surface area contributed by atoms with Gasteiger partial charge in [-0.2, -0.15) is 0 Å². The number of piperidine rings is 1. The molecule has 2 saturated heterocycles. The van der Waals surface area contributed by atoms with Crippen molar-refractivity contribution < 1.29 is 19.5 Å². The number of hydrogen-bond donors (Lipinski definition) is 1. The first-order valence-electron chi connectivity index (χ1n) is 10.2. The van der Waals surface area contributed by atoms with Crippen LogP contribution in [0.4, 0.5) is 5.82 Å². The Morgan fingerprint density at radius 2 is 2.00 bits per heavy atom. The molecule has 0 aromatic carbocycles. The van der Waals surface area contributed by atoms with Gasteiger partial charge in [-0.25, -0.2) is 4.98 Å². The van der Waals surface area contributed by atoms with Crippen LogP contribution in [-0.4, -0.2) is 56.0 Å². The Kier molecular flexibility index (Phi) is 6.21. The molecule has 0 spiro atoms. The molecule has 33 heavy (non-hydrogen) atoms. The van der Waals surface area contributed by atoms with Crippen LogP contribution >= 0.6 is 24.0 Å². The average molecular weight is 487 g/mol. The highest BCUT2D eigenvalue weighted by Gasteiger charge is 2.33. The number of carbonyl (C=O) groups is 3. The molecule has 0 saturated carbocycles. The van der Waals surface area contributed by atoms with Crippen LogP contribution in [0.25, 0.3) is 11.7 Å². The monoisotopic (exact) mass is 486 g/mol. The second-order valence-electron chi connectivity index (χ2n) is 7.89. The van der Waals surface area contributed by atoms with Gasteiger partial charge in [0.1, 0.15) is 15.8 Å². The molecule has 0 unspecified atom stereocenters. The molecule has 2 N–H and O–H groups in total. The maximum atomic E-state index is 13.5. The van der Waals surface area contributed by atoms with E-state index in [4.69, 9.17) is 18.0 Å². The maximum absolute atomic E-state index is 13.5. The topological polar surface area (TPSA) is 141 Å². The third kappa shape index (κ3) is 4.48. The van der Waals surface area contributed by atoms with E-state index in [0.29, 0.717) is 37.4 Å². The van der Waals surface area contributed by atoms with Gasteiger partial charge in [-0.1, -0.05) is 30.0 Å². The number of carboxylic acid groups (broad SMARTS) is 1. The van der Waals surface area contributed by atoms with Crippen molar-refractivity contribution in [1.82, 2.24) is 14.3 Å². The standard InChI is InChI=1S/C21H21N5O5S2/c1-11-2-3-15-23-18(24-6-4-12(5-7-24)17(22)29)13(19(30)25(15)9-11)8-14-20(31)26(10-16(27)28)21(32)33-14/h2-3,8-9,12H,4-7,10H2,1H3,(H2,22,29)(H,27,28)/p-1. The summed E-state index contributed by atoms with van der Waals surface area (Å²) < 4.78 is 1.48. The summed E-state index contributed by atoms with van der Waals surface area (Å²) in [5.41, 5.74) is 6.55. The number of rotatable bonds is 5. The fraction of sp³-hybridized carbons (Fsp3) is 0.333. The SMILES string of the molecule is Cc1ccc2nc(N3CCC(C(N)=O)CC3)c(C=C3SC(=S)N(CC(=O)[O-])C3=O)c(=O)n2c1. The minimum absolute atomic E-state index is 0.0731. The molecule has 2 fully saturated rings. The maximum Gasteiger partial charge on any atom is 0.267 e. The summed E-state index contributed by atoms with van der Waals surface area (Å²) in [5, 5.41) is 11.0. The molecular weight excluding hydrogens is 466 g/mol. The van der Waals surface area contributed by atoms with Gasteiger partial charge in [-0.05, 0) is 37.5 Å². The van der Waals surface area contributed by atoms with E-state index in [2.05, 4.69) is 4.98 Å². The number of nitrogens with two attached hydrogens (primary N) is 1. The van der Waals surface area contributed by atoms with Crippen LogP contribution in [0, 0.1) is 12.8 Å². The highest BCUT2D eigenvalue weighted by atomic mass is 32.2. The van der Waals surface area contributed by atoms with Crippen LogP contribution in [-0.2, 0) is 14.4 Å². The Morgan fingerprint density at radius 3 is 2.64 bits per heavy atom. The van der Waals surface area contributed by atoms with Crippen LogP contribution in [0.2, 0.25) is 0 Å². The lowest BCUT2D eigenvalue weighted by atomic mass is 9.96. The van der Waals surface area contributed by atoms with Crippen molar-refractivity contribution in [2.75, 3.05) is 24.5 Å². The fourth-order valence-electron chi connectivity index (χ4n) is 3.89. The number of carbonyl (C=O) groups excluding carboxylic acids is 3. The lowest BCUT2D eigenvalue weighted by Gasteiger charge is -2.32. The van der Waals surface area contributed by atoms with Gasteiger partial charge in [0.05, 0.1) is 23.0 Å².